The number of nitrogens with one attached hydrogen (secondary N) is 1. The van der Waals surface area contributed by atoms with Crippen molar-refractivity contribution >= 4 is 5.69 Å². The Labute approximate surface area is 125 Å². The molecule has 5 heteroatoms. The third-order valence-corrected chi connectivity index (χ3v) is 4.50. The maximum Gasteiger partial charge on any atom is 0.269 e. The van der Waals surface area contributed by atoms with E-state index in [-0.39, 0.29) is 10.6 Å². The van der Waals surface area contributed by atoms with Gasteiger partial charge in [-0.25, -0.2) is 0 Å². The lowest BCUT2D eigenvalue weighted by atomic mass is 10.0. The number of rotatable bonds is 6. The topological polar surface area (TPSA) is 58.4 Å². The summed E-state index contributed by atoms with van der Waals surface area (Å²) in [5.74, 6) is 0. The SMILES string of the molecule is O=[N+]([O-])c1ccc(CN2CCCCC2CNC2CC2)cc1. The van der Waals surface area contributed by atoms with Gasteiger partial charge in [-0.1, -0.05) is 18.6 Å². The van der Waals surface area contributed by atoms with Crippen LogP contribution in [0.5, 0.6) is 0 Å². The maximum absolute atomic E-state index is 10.7. The van der Waals surface area contributed by atoms with E-state index in [9.17, 15) is 10.1 Å². The molecule has 2 aliphatic rings. The Kier molecular flexibility index (Phi) is 4.51. The highest BCUT2D eigenvalue weighted by Gasteiger charge is 2.26. The minimum atomic E-state index is -0.340. The third-order valence-electron chi connectivity index (χ3n) is 4.50. The van der Waals surface area contributed by atoms with Crippen LogP contribution in [0.3, 0.4) is 0 Å². The zero-order valence-corrected chi connectivity index (χ0v) is 12.3. The summed E-state index contributed by atoms with van der Waals surface area (Å²) in [6.07, 6.45) is 6.48. The van der Waals surface area contributed by atoms with Crippen molar-refractivity contribution in [3.63, 3.8) is 0 Å². The highest BCUT2D eigenvalue weighted by Crippen LogP contribution is 2.23. The van der Waals surface area contributed by atoms with Crippen LogP contribution in [0.25, 0.3) is 0 Å². The number of hydrogen-bond acceptors (Lipinski definition) is 4. The van der Waals surface area contributed by atoms with Crippen molar-refractivity contribution < 1.29 is 4.92 Å². The molecule has 0 aromatic heterocycles. The van der Waals surface area contributed by atoms with Gasteiger partial charge in [0.15, 0.2) is 0 Å². The van der Waals surface area contributed by atoms with Gasteiger partial charge >= 0.3 is 0 Å². The number of non-ortho nitro benzene ring substituents is 1. The predicted octanol–water partition coefficient (Wildman–Crippen LogP) is 2.70. The molecular formula is C16H23N3O2. The maximum atomic E-state index is 10.7. The molecule has 21 heavy (non-hydrogen) atoms. The number of nitro benzene ring substituents is 1. The summed E-state index contributed by atoms with van der Waals surface area (Å²) in [4.78, 5) is 12.9. The minimum Gasteiger partial charge on any atom is -0.312 e. The van der Waals surface area contributed by atoms with E-state index in [4.69, 9.17) is 0 Å². The highest BCUT2D eigenvalue weighted by molar-refractivity contribution is 5.32. The zero-order valence-electron chi connectivity index (χ0n) is 12.3. The van der Waals surface area contributed by atoms with Crippen LogP contribution in [0.15, 0.2) is 24.3 Å². The van der Waals surface area contributed by atoms with Gasteiger partial charge in [0.05, 0.1) is 4.92 Å². The first-order valence-electron chi connectivity index (χ1n) is 7.93. The Morgan fingerprint density at radius 2 is 1.95 bits per heavy atom. The van der Waals surface area contributed by atoms with Crippen LogP contribution in [0.1, 0.15) is 37.7 Å². The van der Waals surface area contributed by atoms with E-state index in [0.29, 0.717) is 6.04 Å². The molecule has 1 aliphatic heterocycles. The van der Waals surface area contributed by atoms with E-state index in [1.54, 1.807) is 12.1 Å². The average Bonchev–Trinajstić information content (AvgIpc) is 3.31. The van der Waals surface area contributed by atoms with Gasteiger partial charge in [-0.2, -0.15) is 0 Å². The van der Waals surface area contributed by atoms with Crippen molar-refractivity contribution in [2.24, 2.45) is 0 Å². The van der Waals surface area contributed by atoms with E-state index < -0.39 is 0 Å². The van der Waals surface area contributed by atoms with Gasteiger partial charge in [0.2, 0.25) is 0 Å². The van der Waals surface area contributed by atoms with E-state index in [0.717, 1.165) is 25.7 Å². The molecule has 0 radical (unpaired) electrons. The molecule has 1 N–H and O–H groups in total. The second-order valence-corrected chi connectivity index (χ2v) is 6.23. The predicted molar refractivity (Wildman–Crippen MR) is 82.2 cm³/mol. The largest absolute Gasteiger partial charge is 0.312 e. The second-order valence-electron chi connectivity index (χ2n) is 6.23. The fraction of sp³-hybridized carbons (Fsp3) is 0.625. The highest BCUT2D eigenvalue weighted by atomic mass is 16.6. The van der Waals surface area contributed by atoms with Gasteiger partial charge in [0.25, 0.3) is 5.69 Å². The van der Waals surface area contributed by atoms with E-state index in [2.05, 4.69) is 10.2 Å². The van der Waals surface area contributed by atoms with E-state index >= 15 is 0 Å². The van der Waals surface area contributed by atoms with Crippen LogP contribution < -0.4 is 5.32 Å². The fourth-order valence-corrected chi connectivity index (χ4v) is 3.05. The summed E-state index contributed by atoms with van der Waals surface area (Å²) < 4.78 is 0. The van der Waals surface area contributed by atoms with Crippen molar-refractivity contribution in [1.29, 1.82) is 0 Å². The second kappa shape index (κ2) is 6.54. The fourth-order valence-electron chi connectivity index (χ4n) is 3.05. The standard InChI is InChI=1S/C16H23N3O2/c20-19(21)15-8-4-13(5-9-15)12-18-10-2-1-3-16(18)11-17-14-6-7-14/h4-5,8-9,14,16-17H,1-3,6-7,10-12H2. The van der Waals surface area contributed by atoms with Gasteiger partial charge in [0.1, 0.15) is 0 Å². The van der Waals surface area contributed by atoms with Gasteiger partial charge in [-0.05, 0) is 37.8 Å². The summed E-state index contributed by atoms with van der Waals surface area (Å²) in [6.45, 7) is 3.11. The van der Waals surface area contributed by atoms with Crippen molar-refractivity contribution in [2.75, 3.05) is 13.1 Å². The molecule has 1 heterocycles. The molecule has 3 rings (SSSR count). The number of likely N-dealkylation sites (tertiary alicyclic amines) is 1. The molecule has 2 fully saturated rings. The Morgan fingerprint density at radius 3 is 2.62 bits per heavy atom. The Morgan fingerprint density at radius 1 is 1.19 bits per heavy atom. The van der Waals surface area contributed by atoms with E-state index in [1.807, 2.05) is 12.1 Å². The van der Waals surface area contributed by atoms with Crippen LogP contribution in [-0.2, 0) is 6.54 Å². The summed E-state index contributed by atoms with van der Waals surface area (Å²) >= 11 is 0. The molecule has 1 atom stereocenters. The number of benzene rings is 1. The van der Waals surface area contributed by atoms with Crippen LogP contribution in [0, 0.1) is 10.1 Å². The molecule has 1 unspecified atom stereocenters. The molecule has 1 aromatic carbocycles. The molecule has 1 aliphatic carbocycles. The lowest BCUT2D eigenvalue weighted by Crippen LogP contribution is -2.45. The van der Waals surface area contributed by atoms with Crippen LogP contribution in [-0.4, -0.2) is 35.0 Å². The molecule has 1 saturated carbocycles. The van der Waals surface area contributed by atoms with Crippen molar-refractivity contribution in [3.8, 4) is 0 Å². The molecule has 1 aromatic rings. The minimum absolute atomic E-state index is 0.171. The van der Waals surface area contributed by atoms with Crippen LogP contribution >= 0.6 is 0 Å². The quantitative estimate of drug-likeness (QED) is 0.646. The number of piperidine rings is 1. The Hall–Kier alpha value is -1.46. The smallest absolute Gasteiger partial charge is 0.269 e. The lowest BCUT2D eigenvalue weighted by molar-refractivity contribution is -0.384. The summed E-state index contributed by atoms with van der Waals surface area (Å²) in [7, 11) is 0. The summed E-state index contributed by atoms with van der Waals surface area (Å²) in [5.41, 5.74) is 1.34. The van der Waals surface area contributed by atoms with Crippen molar-refractivity contribution in [1.82, 2.24) is 10.2 Å². The van der Waals surface area contributed by atoms with Crippen molar-refractivity contribution in [2.45, 2.75) is 50.7 Å². The molecule has 114 valence electrons. The first-order valence-corrected chi connectivity index (χ1v) is 7.93. The van der Waals surface area contributed by atoms with Crippen LogP contribution in [0.2, 0.25) is 0 Å². The molecule has 0 spiro atoms. The molecule has 0 bridgehead atoms. The van der Waals surface area contributed by atoms with Crippen molar-refractivity contribution in [3.05, 3.63) is 39.9 Å². The monoisotopic (exact) mass is 289 g/mol. The van der Waals surface area contributed by atoms with Gasteiger partial charge in [-0.15, -0.1) is 0 Å². The first-order chi connectivity index (χ1) is 10.2. The average molecular weight is 289 g/mol. The molecule has 0 amide bonds. The summed E-state index contributed by atoms with van der Waals surface area (Å²) in [5, 5.41) is 14.3. The number of nitro groups is 1. The van der Waals surface area contributed by atoms with Gasteiger partial charge in [0, 0.05) is 37.3 Å². The Balaban J connectivity index is 1.58. The van der Waals surface area contributed by atoms with Gasteiger partial charge in [-0.3, -0.25) is 15.0 Å². The van der Waals surface area contributed by atoms with E-state index in [1.165, 1.54) is 37.7 Å². The Bertz CT molecular complexity index is 485. The third kappa shape index (κ3) is 4.02. The normalized spacial score (nSPS) is 23.1. The summed E-state index contributed by atoms with van der Waals surface area (Å²) in [6, 6.07) is 8.35. The number of nitrogens with zero attached hydrogens (tertiary/aromatic N) is 2. The van der Waals surface area contributed by atoms with Gasteiger partial charge < -0.3 is 5.32 Å². The van der Waals surface area contributed by atoms with Crippen LogP contribution in [0.4, 0.5) is 5.69 Å². The number of hydrogen-bond donors (Lipinski definition) is 1. The lowest BCUT2D eigenvalue weighted by Gasteiger charge is -2.36. The molecule has 5 nitrogen and oxygen atoms in total. The molecule has 1 saturated heterocycles. The zero-order chi connectivity index (χ0) is 14.7. The molecular weight excluding hydrogens is 266 g/mol. The first kappa shape index (κ1) is 14.5.